The zero-order chi connectivity index (χ0) is 18.7. The van der Waals surface area contributed by atoms with E-state index >= 15 is 0 Å². The molecule has 8 nitrogen and oxygen atoms in total. The number of aromatic nitrogens is 2. The van der Waals surface area contributed by atoms with Gasteiger partial charge in [-0.2, -0.15) is 0 Å². The Bertz CT molecular complexity index is 980. The average molecular weight is 353 g/mol. The Labute approximate surface area is 150 Å². The molecule has 2 N–H and O–H groups in total. The highest BCUT2D eigenvalue weighted by atomic mass is 16.6. The van der Waals surface area contributed by atoms with Crippen LogP contribution in [0.1, 0.15) is 16.2 Å². The van der Waals surface area contributed by atoms with Crippen LogP contribution in [0.2, 0.25) is 0 Å². The number of nitro groups is 1. The van der Waals surface area contributed by atoms with E-state index in [1.165, 1.54) is 13.1 Å². The zero-order valence-corrected chi connectivity index (χ0v) is 14.5. The van der Waals surface area contributed by atoms with Crippen LogP contribution in [0.5, 0.6) is 0 Å². The minimum atomic E-state index is -0.493. The van der Waals surface area contributed by atoms with Crippen LogP contribution >= 0.6 is 0 Å². The Hall–Kier alpha value is -3.42. The van der Waals surface area contributed by atoms with E-state index in [0.29, 0.717) is 18.8 Å². The predicted molar refractivity (Wildman–Crippen MR) is 99.4 cm³/mol. The molecule has 134 valence electrons. The Morgan fingerprint density at radius 3 is 2.77 bits per heavy atom. The maximum atomic E-state index is 11.7. The highest BCUT2D eigenvalue weighted by molar-refractivity contribution is 5.95. The van der Waals surface area contributed by atoms with Crippen LogP contribution in [0, 0.1) is 17.0 Å². The first kappa shape index (κ1) is 17.4. The first-order chi connectivity index (χ1) is 12.5. The number of imidazole rings is 1. The lowest BCUT2D eigenvalue weighted by Gasteiger charge is -2.10. The summed E-state index contributed by atoms with van der Waals surface area (Å²) < 4.78 is 2.06. The third kappa shape index (κ3) is 3.34. The number of benzene rings is 2. The summed E-state index contributed by atoms with van der Waals surface area (Å²) in [5, 5.41) is 16.9. The molecule has 0 radical (unpaired) electrons. The topological polar surface area (TPSA) is 102 Å². The maximum Gasteiger partial charge on any atom is 0.293 e. The van der Waals surface area contributed by atoms with E-state index in [0.717, 1.165) is 16.9 Å². The molecule has 0 aliphatic heterocycles. The molecular formula is C18H19N5O3. The van der Waals surface area contributed by atoms with E-state index in [2.05, 4.69) is 20.2 Å². The molecule has 1 heterocycles. The van der Waals surface area contributed by atoms with Gasteiger partial charge in [0.05, 0.1) is 16.0 Å². The number of carbonyl (C=O) groups excluding carboxylic acids is 1. The fourth-order valence-corrected chi connectivity index (χ4v) is 2.90. The van der Waals surface area contributed by atoms with Gasteiger partial charge >= 0.3 is 0 Å². The highest BCUT2D eigenvalue weighted by Crippen LogP contribution is 2.25. The number of nitrogens with one attached hydrogen (secondary N) is 2. The molecule has 8 heteroatoms. The average Bonchev–Trinajstić information content (AvgIpc) is 2.96. The van der Waals surface area contributed by atoms with Crippen molar-refractivity contribution in [3.63, 3.8) is 0 Å². The number of anilines is 1. The molecule has 0 fully saturated rings. The van der Waals surface area contributed by atoms with Gasteiger partial charge in [0.15, 0.2) is 0 Å². The van der Waals surface area contributed by atoms with Gasteiger partial charge in [-0.3, -0.25) is 14.9 Å². The number of carbonyl (C=O) groups is 1. The van der Waals surface area contributed by atoms with Gasteiger partial charge in [-0.15, -0.1) is 0 Å². The van der Waals surface area contributed by atoms with Crippen LogP contribution in [0.4, 0.5) is 11.4 Å². The lowest BCUT2D eigenvalue weighted by atomic mass is 10.1. The zero-order valence-electron chi connectivity index (χ0n) is 14.5. The second-order valence-corrected chi connectivity index (χ2v) is 5.79. The van der Waals surface area contributed by atoms with Crippen molar-refractivity contribution in [2.75, 3.05) is 18.9 Å². The number of para-hydroxylation sites is 2. The smallest absolute Gasteiger partial charge is 0.293 e. The molecule has 3 aromatic rings. The molecule has 0 unspecified atom stereocenters. The van der Waals surface area contributed by atoms with Gasteiger partial charge in [-0.25, -0.2) is 4.98 Å². The van der Waals surface area contributed by atoms with Crippen LogP contribution < -0.4 is 10.6 Å². The van der Waals surface area contributed by atoms with Gasteiger partial charge in [0.2, 0.25) is 0 Å². The molecular weight excluding hydrogens is 334 g/mol. The summed E-state index contributed by atoms with van der Waals surface area (Å²) in [6.45, 7) is 3.03. The number of fused-ring (bicyclic) bond motifs is 1. The molecule has 0 saturated carbocycles. The van der Waals surface area contributed by atoms with Crippen LogP contribution in [0.15, 0.2) is 42.5 Å². The summed E-state index contributed by atoms with van der Waals surface area (Å²) in [7, 11) is 1.48. The fourth-order valence-electron chi connectivity index (χ4n) is 2.90. The van der Waals surface area contributed by atoms with E-state index in [-0.39, 0.29) is 17.2 Å². The number of aryl methyl sites for hydroxylation is 1. The number of hydrogen-bond acceptors (Lipinski definition) is 5. The van der Waals surface area contributed by atoms with Crippen molar-refractivity contribution in [1.82, 2.24) is 14.9 Å². The first-order valence-electron chi connectivity index (χ1n) is 8.17. The summed E-state index contributed by atoms with van der Waals surface area (Å²) in [6.07, 6.45) is 0. The molecule has 0 aliphatic rings. The van der Waals surface area contributed by atoms with Gasteiger partial charge in [0, 0.05) is 31.8 Å². The number of amides is 1. The Morgan fingerprint density at radius 1 is 1.27 bits per heavy atom. The second-order valence-electron chi connectivity index (χ2n) is 5.79. The molecule has 0 spiro atoms. The largest absolute Gasteiger partial charge is 0.378 e. The minimum Gasteiger partial charge on any atom is -0.378 e. The van der Waals surface area contributed by atoms with E-state index in [1.54, 1.807) is 12.1 Å². The number of hydrogen-bond donors (Lipinski definition) is 2. The number of nitrogens with zero attached hydrogens (tertiary/aromatic N) is 3. The van der Waals surface area contributed by atoms with Crippen molar-refractivity contribution in [1.29, 1.82) is 0 Å². The summed E-state index contributed by atoms with van der Waals surface area (Å²) in [6, 6.07) is 12.2. The van der Waals surface area contributed by atoms with Gasteiger partial charge in [0.1, 0.15) is 11.5 Å². The summed E-state index contributed by atoms with van der Waals surface area (Å²) >= 11 is 0. The predicted octanol–water partition coefficient (Wildman–Crippen LogP) is 2.72. The number of nitro benzene ring substituents is 1. The van der Waals surface area contributed by atoms with Crippen molar-refractivity contribution in [3.8, 4) is 0 Å². The molecule has 1 aromatic heterocycles. The Balaban J connectivity index is 1.78. The molecule has 0 saturated heterocycles. The second kappa shape index (κ2) is 7.22. The molecule has 0 atom stereocenters. The van der Waals surface area contributed by atoms with E-state index < -0.39 is 4.92 Å². The quantitative estimate of drug-likeness (QED) is 0.524. The van der Waals surface area contributed by atoms with Crippen molar-refractivity contribution in [2.24, 2.45) is 0 Å². The van der Waals surface area contributed by atoms with E-state index in [9.17, 15) is 14.9 Å². The van der Waals surface area contributed by atoms with Crippen LogP contribution in [-0.4, -0.2) is 34.0 Å². The van der Waals surface area contributed by atoms with E-state index in [1.807, 2.05) is 31.2 Å². The van der Waals surface area contributed by atoms with Gasteiger partial charge < -0.3 is 15.2 Å². The van der Waals surface area contributed by atoms with Crippen molar-refractivity contribution in [2.45, 2.75) is 13.5 Å². The Morgan fingerprint density at radius 2 is 2.04 bits per heavy atom. The van der Waals surface area contributed by atoms with Crippen molar-refractivity contribution in [3.05, 3.63) is 64.0 Å². The molecule has 1 amide bonds. The molecule has 0 bridgehead atoms. The Kier molecular flexibility index (Phi) is 4.83. The van der Waals surface area contributed by atoms with Crippen LogP contribution in [0.25, 0.3) is 11.0 Å². The number of rotatable bonds is 6. The lowest BCUT2D eigenvalue weighted by molar-refractivity contribution is -0.384. The van der Waals surface area contributed by atoms with Gasteiger partial charge in [0.25, 0.3) is 11.6 Å². The summed E-state index contributed by atoms with van der Waals surface area (Å²) in [5.74, 6) is 0.526. The first-order valence-corrected chi connectivity index (χ1v) is 8.17. The lowest BCUT2D eigenvalue weighted by Crippen LogP contribution is -2.18. The van der Waals surface area contributed by atoms with E-state index in [4.69, 9.17) is 0 Å². The normalized spacial score (nSPS) is 10.7. The van der Waals surface area contributed by atoms with Crippen LogP contribution in [0.3, 0.4) is 0 Å². The fraction of sp³-hybridized carbons (Fsp3) is 0.222. The standard InChI is InChI=1S/C18H19N5O3/c1-12-21-15-5-3-4-6-16(15)22(12)10-9-20-14-8-7-13(18(24)19-2)11-17(14)23(25)26/h3-8,11,20H,9-10H2,1-2H3,(H,19,24). The monoisotopic (exact) mass is 353 g/mol. The highest BCUT2D eigenvalue weighted by Gasteiger charge is 2.17. The van der Waals surface area contributed by atoms with Crippen molar-refractivity contribution < 1.29 is 9.72 Å². The summed E-state index contributed by atoms with van der Waals surface area (Å²) in [4.78, 5) is 27.0. The SMILES string of the molecule is CNC(=O)c1ccc(NCCn2c(C)nc3ccccc32)c([N+](=O)[O-])c1. The third-order valence-corrected chi connectivity index (χ3v) is 4.18. The molecule has 26 heavy (non-hydrogen) atoms. The van der Waals surface area contributed by atoms with Crippen LogP contribution in [-0.2, 0) is 6.54 Å². The third-order valence-electron chi connectivity index (χ3n) is 4.18. The van der Waals surface area contributed by atoms with Gasteiger partial charge in [-0.05, 0) is 31.2 Å². The molecule has 0 aliphatic carbocycles. The molecule has 2 aromatic carbocycles. The minimum absolute atomic E-state index is 0.127. The van der Waals surface area contributed by atoms with Gasteiger partial charge in [-0.1, -0.05) is 12.1 Å². The van der Waals surface area contributed by atoms with Crippen molar-refractivity contribution >= 4 is 28.3 Å². The maximum absolute atomic E-state index is 11.7. The summed E-state index contributed by atoms with van der Waals surface area (Å²) in [5.41, 5.74) is 2.45. The molecule has 3 rings (SSSR count).